The van der Waals surface area contributed by atoms with Gasteiger partial charge in [0.25, 0.3) is 5.91 Å². The molecule has 2 N–H and O–H groups in total. The van der Waals surface area contributed by atoms with Gasteiger partial charge in [0, 0.05) is 39.8 Å². The smallest absolute Gasteiger partial charge is 0.265 e. The van der Waals surface area contributed by atoms with E-state index < -0.39 is 6.10 Å². The van der Waals surface area contributed by atoms with Crippen molar-refractivity contribution in [2.24, 2.45) is 0 Å². The number of aliphatic hydroxyl groups excluding tert-OH is 1. The zero-order chi connectivity index (χ0) is 18.4. The molecule has 0 radical (unpaired) electrons. The molecule has 3 rings (SSSR count). The zero-order valence-electron chi connectivity index (χ0n) is 14.8. The highest BCUT2D eigenvalue weighted by Gasteiger charge is 2.20. The number of β-amino-alcohol motifs (C(OH)–C–C–N with tert-alkyl or cyclic N) is 1. The van der Waals surface area contributed by atoms with E-state index in [1.54, 1.807) is 19.4 Å². The van der Waals surface area contributed by atoms with Crippen LogP contribution in [0.2, 0.25) is 0 Å². The Morgan fingerprint density at radius 2 is 2.15 bits per heavy atom. The number of ether oxygens (including phenoxy) is 1. The Bertz CT molecular complexity index is 685. The molecule has 1 amide bonds. The highest BCUT2D eigenvalue weighted by molar-refractivity contribution is 7.12. The number of aliphatic hydroxyl groups is 1. The van der Waals surface area contributed by atoms with Crippen LogP contribution < -0.4 is 10.2 Å². The van der Waals surface area contributed by atoms with E-state index in [9.17, 15) is 9.90 Å². The van der Waals surface area contributed by atoms with E-state index in [4.69, 9.17) is 4.74 Å². The fourth-order valence-corrected chi connectivity index (χ4v) is 3.57. The van der Waals surface area contributed by atoms with Crippen molar-refractivity contribution in [3.63, 3.8) is 0 Å². The number of methoxy groups -OCH3 is 1. The van der Waals surface area contributed by atoms with Crippen molar-refractivity contribution in [3.8, 4) is 0 Å². The third kappa shape index (κ3) is 5.01. The maximum absolute atomic E-state index is 12.1. The molecule has 0 aromatic carbocycles. The van der Waals surface area contributed by atoms with Crippen LogP contribution in [0.3, 0.4) is 0 Å². The molecule has 3 heterocycles. The molecule has 8 heteroatoms. The van der Waals surface area contributed by atoms with Crippen LogP contribution in [0, 0.1) is 0 Å². The lowest BCUT2D eigenvalue weighted by Gasteiger charge is -2.36. The first-order valence-corrected chi connectivity index (χ1v) is 9.49. The van der Waals surface area contributed by atoms with Crippen molar-refractivity contribution in [2.45, 2.75) is 6.10 Å². The summed E-state index contributed by atoms with van der Waals surface area (Å²) >= 11 is 1.41. The normalized spacial score (nSPS) is 16.5. The first-order valence-electron chi connectivity index (χ1n) is 8.61. The van der Waals surface area contributed by atoms with Gasteiger partial charge in [-0.25, -0.2) is 4.98 Å². The number of hydrogen-bond acceptors (Lipinski definition) is 7. The van der Waals surface area contributed by atoms with Crippen molar-refractivity contribution < 1.29 is 14.6 Å². The lowest BCUT2D eigenvalue weighted by molar-refractivity contribution is 0.0365. The lowest BCUT2D eigenvalue weighted by atomic mass is 10.2. The summed E-state index contributed by atoms with van der Waals surface area (Å²) in [4.78, 5) is 21.7. The molecule has 0 saturated carbocycles. The number of pyridine rings is 1. The van der Waals surface area contributed by atoms with E-state index >= 15 is 0 Å². The first-order chi connectivity index (χ1) is 12.7. The Kier molecular flexibility index (Phi) is 6.56. The maximum Gasteiger partial charge on any atom is 0.265 e. The van der Waals surface area contributed by atoms with Crippen LogP contribution in [0.4, 0.5) is 11.5 Å². The minimum absolute atomic E-state index is 0.113. The summed E-state index contributed by atoms with van der Waals surface area (Å²) in [5, 5.41) is 14.6. The SMILES string of the molecule is COCC(O)CN1CCN(c2ccc(NC(=O)c3cccs3)cn2)CC1. The summed E-state index contributed by atoms with van der Waals surface area (Å²) in [6.07, 6.45) is 1.24. The number of anilines is 2. The van der Waals surface area contributed by atoms with Crippen molar-refractivity contribution in [1.29, 1.82) is 0 Å². The number of hydrogen-bond donors (Lipinski definition) is 2. The van der Waals surface area contributed by atoms with Crippen LogP contribution in [0.25, 0.3) is 0 Å². The molecule has 1 fully saturated rings. The number of rotatable bonds is 7. The molecule has 0 bridgehead atoms. The van der Waals surface area contributed by atoms with Gasteiger partial charge in [0.1, 0.15) is 5.82 Å². The molecule has 0 aliphatic carbocycles. The number of thiophene rings is 1. The second-order valence-electron chi connectivity index (χ2n) is 6.23. The first kappa shape index (κ1) is 18.8. The van der Waals surface area contributed by atoms with E-state index in [1.807, 2.05) is 23.6 Å². The molecule has 2 aromatic rings. The quantitative estimate of drug-likeness (QED) is 0.763. The van der Waals surface area contributed by atoms with E-state index in [2.05, 4.69) is 20.1 Å². The summed E-state index contributed by atoms with van der Waals surface area (Å²) < 4.78 is 4.97. The molecule has 1 saturated heterocycles. The molecule has 1 unspecified atom stereocenters. The largest absolute Gasteiger partial charge is 0.389 e. The number of nitrogens with one attached hydrogen (secondary N) is 1. The molecule has 2 aromatic heterocycles. The lowest BCUT2D eigenvalue weighted by Crippen LogP contribution is -2.49. The number of amides is 1. The predicted octanol–water partition coefficient (Wildman–Crippen LogP) is 1.52. The van der Waals surface area contributed by atoms with E-state index in [0.717, 1.165) is 32.0 Å². The van der Waals surface area contributed by atoms with Gasteiger partial charge in [-0.15, -0.1) is 11.3 Å². The van der Waals surface area contributed by atoms with E-state index in [0.29, 0.717) is 23.7 Å². The van der Waals surface area contributed by atoms with Gasteiger partial charge in [0.2, 0.25) is 0 Å². The average Bonchev–Trinajstić information content (AvgIpc) is 3.18. The third-order valence-corrected chi connectivity index (χ3v) is 5.14. The molecular weight excluding hydrogens is 352 g/mol. The Labute approximate surface area is 157 Å². The fourth-order valence-electron chi connectivity index (χ4n) is 2.95. The topological polar surface area (TPSA) is 77.9 Å². The van der Waals surface area contributed by atoms with Crippen molar-refractivity contribution in [3.05, 3.63) is 40.7 Å². The highest BCUT2D eigenvalue weighted by atomic mass is 32.1. The van der Waals surface area contributed by atoms with Crippen LogP contribution in [-0.4, -0.2) is 73.4 Å². The Morgan fingerprint density at radius 1 is 1.35 bits per heavy atom. The van der Waals surface area contributed by atoms with Crippen molar-refractivity contribution in [1.82, 2.24) is 9.88 Å². The van der Waals surface area contributed by atoms with Crippen LogP contribution >= 0.6 is 11.3 Å². The summed E-state index contributed by atoms with van der Waals surface area (Å²) in [6.45, 7) is 4.45. The van der Waals surface area contributed by atoms with E-state index in [1.165, 1.54) is 11.3 Å². The van der Waals surface area contributed by atoms with Crippen LogP contribution in [-0.2, 0) is 4.74 Å². The Hall–Kier alpha value is -2.00. The minimum Gasteiger partial charge on any atom is -0.389 e. The molecule has 1 atom stereocenters. The van der Waals surface area contributed by atoms with Gasteiger partial charge >= 0.3 is 0 Å². The van der Waals surface area contributed by atoms with Crippen LogP contribution in [0.1, 0.15) is 9.67 Å². The van der Waals surface area contributed by atoms with Gasteiger partial charge in [-0.2, -0.15) is 0 Å². The van der Waals surface area contributed by atoms with Gasteiger partial charge in [-0.3, -0.25) is 9.69 Å². The standard InChI is InChI=1S/C18H24N4O3S/c1-25-13-15(23)12-21-6-8-22(9-7-21)17-5-4-14(11-19-17)20-18(24)16-3-2-10-26-16/h2-5,10-11,15,23H,6-9,12-13H2,1H3,(H,20,24). The number of carbonyl (C=O) groups is 1. The second kappa shape index (κ2) is 9.09. The summed E-state index contributed by atoms with van der Waals surface area (Å²) in [7, 11) is 1.60. The van der Waals surface area contributed by atoms with Gasteiger partial charge in [0.15, 0.2) is 0 Å². The molecular formula is C18H24N4O3S. The van der Waals surface area contributed by atoms with Gasteiger partial charge in [0.05, 0.1) is 29.5 Å². The van der Waals surface area contributed by atoms with Gasteiger partial charge < -0.3 is 20.1 Å². The fraction of sp³-hybridized carbons (Fsp3) is 0.444. The number of piperazine rings is 1. The molecule has 26 heavy (non-hydrogen) atoms. The summed E-state index contributed by atoms with van der Waals surface area (Å²) in [6, 6.07) is 7.46. The van der Waals surface area contributed by atoms with Crippen molar-refractivity contribution in [2.75, 3.05) is 56.7 Å². The number of nitrogens with zero attached hydrogens (tertiary/aromatic N) is 3. The Balaban J connectivity index is 1.49. The number of aromatic nitrogens is 1. The van der Waals surface area contributed by atoms with Crippen LogP contribution in [0.15, 0.2) is 35.8 Å². The molecule has 0 spiro atoms. The van der Waals surface area contributed by atoms with Gasteiger partial charge in [-0.1, -0.05) is 6.07 Å². The Morgan fingerprint density at radius 3 is 2.77 bits per heavy atom. The molecule has 1 aliphatic heterocycles. The van der Waals surface area contributed by atoms with Crippen LogP contribution in [0.5, 0.6) is 0 Å². The zero-order valence-corrected chi connectivity index (χ0v) is 15.6. The number of carbonyl (C=O) groups excluding carboxylic acids is 1. The second-order valence-corrected chi connectivity index (χ2v) is 7.18. The van der Waals surface area contributed by atoms with Crippen molar-refractivity contribution >= 4 is 28.7 Å². The molecule has 1 aliphatic rings. The highest BCUT2D eigenvalue weighted by Crippen LogP contribution is 2.18. The summed E-state index contributed by atoms with van der Waals surface area (Å²) in [5.41, 5.74) is 0.688. The van der Waals surface area contributed by atoms with Gasteiger partial charge in [-0.05, 0) is 23.6 Å². The molecule has 140 valence electrons. The van der Waals surface area contributed by atoms with E-state index in [-0.39, 0.29) is 5.91 Å². The predicted molar refractivity (Wildman–Crippen MR) is 103 cm³/mol. The third-order valence-electron chi connectivity index (χ3n) is 4.27. The summed E-state index contributed by atoms with van der Waals surface area (Å²) in [5.74, 6) is 0.786. The monoisotopic (exact) mass is 376 g/mol. The molecule has 7 nitrogen and oxygen atoms in total. The average molecular weight is 376 g/mol. The maximum atomic E-state index is 12.1. The minimum atomic E-state index is -0.448.